The van der Waals surface area contributed by atoms with E-state index in [1.165, 1.54) is 22.4 Å². The van der Waals surface area contributed by atoms with Crippen molar-refractivity contribution in [2.75, 3.05) is 24.5 Å². The van der Waals surface area contributed by atoms with Crippen LogP contribution in [-0.4, -0.2) is 29.6 Å². The number of aromatic nitrogens is 2. The summed E-state index contributed by atoms with van der Waals surface area (Å²) in [7, 11) is 0. The molecule has 1 N–H and O–H groups in total. The smallest absolute Gasteiger partial charge is 0.226 e. The first kappa shape index (κ1) is 15.9. The van der Waals surface area contributed by atoms with Crippen molar-refractivity contribution >= 4 is 5.95 Å². The number of rotatable bonds is 4. The molecular weight excluding hydrogens is 284 g/mol. The van der Waals surface area contributed by atoms with Gasteiger partial charge in [0, 0.05) is 30.8 Å². The molecule has 23 heavy (non-hydrogen) atoms. The highest BCUT2D eigenvalue weighted by Gasteiger charge is 2.19. The lowest BCUT2D eigenvalue weighted by atomic mass is 10.0. The highest BCUT2D eigenvalue weighted by molar-refractivity contribution is 5.66. The molecule has 0 radical (unpaired) electrons. The Morgan fingerprint density at radius 2 is 1.83 bits per heavy atom. The van der Waals surface area contributed by atoms with Gasteiger partial charge in [-0.05, 0) is 40.2 Å². The summed E-state index contributed by atoms with van der Waals surface area (Å²) in [6, 6.07) is 8.67. The fourth-order valence-electron chi connectivity index (χ4n) is 3.10. The molecule has 0 unspecified atom stereocenters. The standard InChI is InChI=1S/C19H26N4/c1-4-23(5-2)19-21-17-7-6-12-20-13-16(17)18(22-19)15-10-8-14(3)9-11-15/h8-11,20H,4-7,12-13H2,1-3H3. The molecule has 4 nitrogen and oxygen atoms in total. The first-order valence-electron chi connectivity index (χ1n) is 8.65. The largest absolute Gasteiger partial charge is 0.341 e. The number of anilines is 1. The van der Waals surface area contributed by atoms with E-state index in [0.717, 1.165) is 50.7 Å². The molecule has 0 saturated carbocycles. The van der Waals surface area contributed by atoms with Gasteiger partial charge in [0.15, 0.2) is 0 Å². The van der Waals surface area contributed by atoms with Crippen molar-refractivity contribution in [2.24, 2.45) is 0 Å². The Bertz CT molecular complexity index is 660. The maximum absolute atomic E-state index is 4.94. The maximum atomic E-state index is 4.94. The van der Waals surface area contributed by atoms with Gasteiger partial charge in [0.25, 0.3) is 0 Å². The van der Waals surface area contributed by atoms with Gasteiger partial charge >= 0.3 is 0 Å². The SMILES string of the molecule is CCN(CC)c1nc2c(c(-c3ccc(C)cc3)n1)CNCCC2. The zero-order valence-corrected chi connectivity index (χ0v) is 14.4. The Morgan fingerprint density at radius 3 is 2.52 bits per heavy atom. The van der Waals surface area contributed by atoms with Crippen molar-refractivity contribution in [3.05, 3.63) is 41.1 Å². The third kappa shape index (κ3) is 3.37. The Kier molecular flexibility index (Phi) is 4.91. The molecule has 1 aromatic heterocycles. The van der Waals surface area contributed by atoms with Crippen LogP contribution in [0.2, 0.25) is 0 Å². The number of hydrogen-bond donors (Lipinski definition) is 1. The zero-order valence-electron chi connectivity index (χ0n) is 14.4. The number of benzene rings is 1. The van der Waals surface area contributed by atoms with Gasteiger partial charge in [0.05, 0.1) is 11.4 Å². The van der Waals surface area contributed by atoms with Crippen LogP contribution >= 0.6 is 0 Å². The molecule has 4 heteroatoms. The van der Waals surface area contributed by atoms with Crippen LogP contribution < -0.4 is 10.2 Å². The zero-order chi connectivity index (χ0) is 16.2. The Labute approximate surface area is 139 Å². The molecular formula is C19H26N4. The fraction of sp³-hybridized carbons (Fsp3) is 0.474. The van der Waals surface area contributed by atoms with Crippen molar-refractivity contribution in [2.45, 2.75) is 40.2 Å². The molecule has 0 aliphatic carbocycles. The van der Waals surface area contributed by atoms with E-state index in [9.17, 15) is 0 Å². The summed E-state index contributed by atoms with van der Waals surface area (Å²) >= 11 is 0. The maximum Gasteiger partial charge on any atom is 0.226 e. The van der Waals surface area contributed by atoms with E-state index in [1.54, 1.807) is 0 Å². The van der Waals surface area contributed by atoms with Gasteiger partial charge in [-0.2, -0.15) is 0 Å². The number of nitrogens with zero attached hydrogens (tertiary/aromatic N) is 3. The first-order chi connectivity index (χ1) is 11.2. The summed E-state index contributed by atoms with van der Waals surface area (Å²) in [6.07, 6.45) is 2.16. The third-order valence-electron chi connectivity index (χ3n) is 4.52. The van der Waals surface area contributed by atoms with Gasteiger partial charge in [-0.1, -0.05) is 29.8 Å². The van der Waals surface area contributed by atoms with Crippen LogP contribution in [0.3, 0.4) is 0 Å². The van der Waals surface area contributed by atoms with E-state index in [1.807, 2.05) is 0 Å². The lowest BCUT2D eigenvalue weighted by Crippen LogP contribution is -2.25. The predicted octanol–water partition coefficient (Wildman–Crippen LogP) is 3.33. The minimum atomic E-state index is 0.858. The highest BCUT2D eigenvalue weighted by Crippen LogP contribution is 2.28. The molecule has 1 aromatic carbocycles. The molecule has 2 heterocycles. The lowest BCUT2D eigenvalue weighted by Gasteiger charge is -2.22. The number of nitrogens with one attached hydrogen (secondary N) is 1. The van der Waals surface area contributed by atoms with Crippen molar-refractivity contribution < 1.29 is 0 Å². The quantitative estimate of drug-likeness (QED) is 0.940. The van der Waals surface area contributed by atoms with Crippen molar-refractivity contribution in [3.63, 3.8) is 0 Å². The molecule has 0 bridgehead atoms. The van der Waals surface area contributed by atoms with Gasteiger partial charge in [-0.15, -0.1) is 0 Å². The molecule has 1 aliphatic heterocycles. The first-order valence-corrected chi connectivity index (χ1v) is 8.65. The summed E-state index contributed by atoms with van der Waals surface area (Å²) in [6.45, 7) is 10.2. The van der Waals surface area contributed by atoms with Crippen molar-refractivity contribution in [1.29, 1.82) is 0 Å². The van der Waals surface area contributed by atoms with Gasteiger partial charge < -0.3 is 10.2 Å². The van der Waals surface area contributed by atoms with E-state index in [-0.39, 0.29) is 0 Å². The predicted molar refractivity (Wildman–Crippen MR) is 95.8 cm³/mol. The van der Waals surface area contributed by atoms with E-state index >= 15 is 0 Å². The molecule has 2 aromatic rings. The second kappa shape index (κ2) is 7.09. The van der Waals surface area contributed by atoms with Crippen LogP contribution in [0, 0.1) is 6.92 Å². The van der Waals surface area contributed by atoms with Gasteiger partial charge in [0.1, 0.15) is 0 Å². The normalized spacial score (nSPS) is 14.2. The highest BCUT2D eigenvalue weighted by atomic mass is 15.2. The fourth-order valence-corrected chi connectivity index (χ4v) is 3.10. The lowest BCUT2D eigenvalue weighted by molar-refractivity contribution is 0.680. The summed E-state index contributed by atoms with van der Waals surface area (Å²) in [5.74, 6) is 0.867. The molecule has 0 amide bonds. The monoisotopic (exact) mass is 310 g/mol. The van der Waals surface area contributed by atoms with Crippen molar-refractivity contribution in [1.82, 2.24) is 15.3 Å². The second-order valence-electron chi connectivity index (χ2n) is 6.12. The van der Waals surface area contributed by atoms with Gasteiger partial charge in [-0.3, -0.25) is 0 Å². The molecule has 1 aliphatic rings. The minimum absolute atomic E-state index is 0.858. The Balaban J connectivity index is 2.14. The van der Waals surface area contributed by atoms with Crippen LogP contribution in [0.15, 0.2) is 24.3 Å². The van der Waals surface area contributed by atoms with E-state index < -0.39 is 0 Å². The number of hydrogen-bond acceptors (Lipinski definition) is 4. The number of aryl methyl sites for hydroxylation is 2. The van der Waals surface area contributed by atoms with Crippen LogP contribution in [0.4, 0.5) is 5.95 Å². The molecule has 0 spiro atoms. The van der Waals surface area contributed by atoms with E-state index in [0.29, 0.717) is 0 Å². The van der Waals surface area contributed by atoms with Crippen molar-refractivity contribution in [3.8, 4) is 11.3 Å². The molecule has 122 valence electrons. The van der Waals surface area contributed by atoms with Crippen LogP contribution in [0.1, 0.15) is 37.1 Å². The van der Waals surface area contributed by atoms with E-state index in [2.05, 4.69) is 55.3 Å². The van der Waals surface area contributed by atoms with Gasteiger partial charge in [-0.25, -0.2) is 9.97 Å². The second-order valence-corrected chi connectivity index (χ2v) is 6.12. The van der Waals surface area contributed by atoms with Crippen LogP contribution in [0.5, 0.6) is 0 Å². The van der Waals surface area contributed by atoms with Gasteiger partial charge in [0.2, 0.25) is 5.95 Å². The number of fused-ring (bicyclic) bond motifs is 1. The van der Waals surface area contributed by atoms with Crippen LogP contribution in [-0.2, 0) is 13.0 Å². The average molecular weight is 310 g/mol. The molecule has 0 fully saturated rings. The van der Waals surface area contributed by atoms with Crippen LogP contribution in [0.25, 0.3) is 11.3 Å². The summed E-state index contributed by atoms with van der Waals surface area (Å²) in [4.78, 5) is 12.1. The molecule has 0 atom stereocenters. The minimum Gasteiger partial charge on any atom is -0.341 e. The Morgan fingerprint density at radius 1 is 1.09 bits per heavy atom. The third-order valence-corrected chi connectivity index (χ3v) is 4.52. The summed E-state index contributed by atoms with van der Waals surface area (Å²) in [5, 5.41) is 3.51. The average Bonchev–Trinajstić information content (AvgIpc) is 2.81. The summed E-state index contributed by atoms with van der Waals surface area (Å²) < 4.78 is 0. The Hall–Kier alpha value is -1.94. The molecule has 0 saturated heterocycles. The topological polar surface area (TPSA) is 41.1 Å². The molecule has 3 rings (SSSR count). The summed E-state index contributed by atoms with van der Waals surface area (Å²) in [5.41, 5.74) is 6.03. The van der Waals surface area contributed by atoms with E-state index in [4.69, 9.17) is 9.97 Å².